The Bertz CT molecular complexity index is 458. The van der Waals surface area contributed by atoms with Crippen molar-refractivity contribution in [1.82, 2.24) is 10.3 Å². The third-order valence-electron chi connectivity index (χ3n) is 3.28. The van der Waals surface area contributed by atoms with Crippen LogP contribution in [-0.4, -0.2) is 17.6 Å². The molecule has 0 bridgehead atoms. The van der Waals surface area contributed by atoms with Crippen LogP contribution in [0.25, 0.3) is 11.1 Å². The second kappa shape index (κ2) is 3.91. The summed E-state index contributed by atoms with van der Waals surface area (Å²) in [5.74, 6) is 1.39. The molecule has 0 radical (unpaired) electrons. The normalized spacial score (nSPS) is 26.1. The lowest BCUT2D eigenvalue weighted by Gasteiger charge is -2.25. The number of piperidine rings is 1. The molecule has 1 N–H and O–H groups in total. The van der Waals surface area contributed by atoms with Gasteiger partial charge in [0.15, 0.2) is 11.5 Å². The Morgan fingerprint density at radius 1 is 1.38 bits per heavy atom. The molecule has 0 aliphatic carbocycles. The molecule has 1 aromatic carbocycles. The number of nitrogens with zero attached hydrogens (tertiary/aromatic N) is 1. The molecule has 3 rings (SSSR count). The van der Waals surface area contributed by atoms with E-state index in [0.29, 0.717) is 12.0 Å². The van der Waals surface area contributed by atoms with Crippen molar-refractivity contribution < 1.29 is 4.42 Å². The van der Waals surface area contributed by atoms with Crippen LogP contribution >= 0.6 is 0 Å². The number of oxazole rings is 1. The highest BCUT2D eigenvalue weighted by Gasteiger charge is 2.24. The maximum absolute atomic E-state index is 5.82. The van der Waals surface area contributed by atoms with E-state index in [1.54, 1.807) is 0 Å². The topological polar surface area (TPSA) is 38.1 Å². The van der Waals surface area contributed by atoms with Crippen molar-refractivity contribution in [3.05, 3.63) is 30.2 Å². The molecule has 1 aliphatic heterocycles. The summed E-state index contributed by atoms with van der Waals surface area (Å²) < 4.78 is 5.82. The molecule has 0 unspecified atom stereocenters. The molecule has 0 saturated carbocycles. The molecule has 1 saturated heterocycles. The van der Waals surface area contributed by atoms with Gasteiger partial charge in [-0.1, -0.05) is 12.1 Å². The fraction of sp³-hybridized carbons (Fsp3) is 0.462. The van der Waals surface area contributed by atoms with E-state index in [1.165, 1.54) is 0 Å². The molecular weight excluding hydrogens is 200 g/mol. The van der Waals surface area contributed by atoms with Crippen LogP contribution in [0.1, 0.15) is 31.6 Å². The fourth-order valence-corrected chi connectivity index (χ4v) is 2.42. The van der Waals surface area contributed by atoms with E-state index < -0.39 is 0 Å². The second-order valence-corrected chi connectivity index (χ2v) is 4.60. The first-order valence-electron chi connectivity index (χ1n) is 5.92. The molecule has 84 valence electrons. The van der Waals surface area contributed by atoms with E-state index >= 15 is 0 Å². The summed E-state index contributed by atoms with van der Waals surface area (Å²) in [6.07, 6.45) is 2.24. The van der Waals surface area contributed by atoms with Gasteiger partial charge in [0, 0.05) is 12.0 Å². The van der Waals surface area contributed by atoms with Crippen LogP contribution in [0.3, 0.4) is 0 Å². The van der Waals surface area contributed by atoms with Crippen LogP contribution in [0.5, 0.6) is 0 Å². The molecule has 3 heteroatoms. The quantitative estimate of drug-likeness (QED) is 0.796. The van der Waals surface area contributed by atoms with Crippen molar-refractivity contribution in [2.75, 3.05) is 6.54 Å². The third-order valence-corrected chi connectivity index (χ3v) is 3.28. The van der Waals surface area contributed by atoms with Gasteiger partial charge in [-0.15, -0.1) is 0 Å². The largest absolute Gasteiger partial charge is 0.440 e. The van der Waals surface area contributed by atoms with Gasteiger partial charge in [-0.2, -0.15) is 0 Å². The maximum Gasteiger partial charge on any atom is 0.198 e. The van der Waals surface area contributed by atoms with Crippen molar-refractivity contribution in [2.24, 2.45) is 0 Å². The average Bonchev–Trinajstić information content (AvgIpc) is 2.72. The Morgan fingerprint density at radius 2 is 2.25 bits per heavy atom. The van der Waals surface area contributed by atoms with Crippen LogP contribution < -0.4 is 5.32 Å². The molecule has 1 aromatic heterocycles. The van der Waals surface area contributed by atoms with Gasteiger partial charge in [-0.05, 0) is 38.4 Å². The maximum atomic E-state index is 5.82. The van der Waals surface area contributed by atoms with Gasteiger partial charge in [-0.25, -0.2) is 4.98 Å². The number of hydrogen-bond donors (Lipinski definition) is 1. The van der Waals surface area contributed by atoms with Crippen molar-refractivity contribution in [3.8, 4) is 0 Å². The molecule has 1 aliphatic rings. The Hall–Kier alpha value is -1.35. The first-order valence-corrected chi connectivity index (χ1v) is 5.92. The Balaban J connectivity index is 1.93. The lowest BCUT2D eigenvalue weighted by Crippen LogP contribution is -2.34. The number of rotatable bonds is 1. The van der Waals surface area contributed by atoms with E-state index in [4.69, 9.17) is 4.42 Å². The predicted molar refractivity (Wildman–Crippen MR) is 63.4 cm³/mol. The predicted octanol–water partition coefficient (Wildman–Crippen LogP) is 2.68. The number of fused-ring (bicyclic) bond motifs is 1. The monoisotopic (exact) mass is 216 g/mol. The van der Waals surface area contributed by atoms with Crippen molar-refractivity contribution >= 4 is 11.1 Å². The zero-order chi connectivity index (χ0) is 11.0. The molecule has 2 heterocycles. The Kier molecular flexibility index (Phi) is 2.40. The number of benzene rings is 1. The summed E-state index contributed by atoms with van der Waals surface area (Å²) >= 11 is 0. The molecule has 0 spiro atoms. The van der Waals surface area contributed by atoms with E-state index in [-0.39, 0.29) is 0 Å². The van der Waals surface area contributed by atoms with Crippen molar-refractivity contribution in [1.29, 1.82) is 0 Å². The van der Waals surface area contributed by atoms with E-state index in [9.17, 15) is 0 Å². The SMILES string of the molecule is C[C@H]1C[C@H](c2nc3ccccc3o2)CCN1. The molecular formula is C13H16N2O. The highest BCUT2D eigenvalue weighted by Crippen LogP contribution is 2.29. The average molecular weight is 216 g/mol. The first-order chi connectivity index (χ1) is 7.83. The third kappa shape index (κ3) is 1.71. The van der Waals surface area contributed by atoms with E-state index in [2.05, 4.69) is 17.2 Å². The molecule has 0 amide bonds. The zero-order valence-corrected chi connectivity index (χ0v) is 9.44. The summed E-state index contributed by atoms with van der Waals surface area (Å²) in [6, 6.07) is 8.54. The van der Waals surface area contributed by atoms with Gasteiger partial charge in [0.2, 0.25) is 0 Å². The number of aromatic nitrogens is 1. The minimum absolute atomic E-state index is 0.476. The summed E-state index contributed by atoms with van der Waals surface area (Å²) in [6.45, 7) is 3.28. The fourth-order valence-electron chi connectivity index (χ4n) is 2.42. The lowest BCUT2D eigenvalue weighted by atomic mass is 9.93. The van der Waals surface area contributed by atoms with E-state index in [0.717, 1.165) is 36.4 Å². The van der Waals surface area contributed by atoms with Crippen LogP contribution in [0.4, 0.5) is 0 Å². The summed E-state index contributed by atoms with van der Waals surface area (Å²) in [4.78, 5) is 4.58. The van der Waals surface area contributed by atoms with Crippen molar-refractivity contribution in [2.45, 2.75) is 31.7 Å². The van der Waals surface area contributed by atoms with Crippen molar-refractivity contribution in [3.63, 3.8) is 0 Å². The molecule has 1 fully saturated rings. The number of nitrogens with one attached hydrogen (secondary N) is 1. The minimum Gasteiger partial charge on any atom is -0.440 e. The van der Waals surface area contributed by atoms with Gasteiger partial charge in [0.25, 0.3) is 0 Å². The van der Waals surface area contributed by atoms with Crippen LogP contribution in [0.15, 0.2) is 28.7 Å². The smallest absolute Gasteiger partial charge is 0.198 e. The molecule has 16 heavy (non-hydrogen) atoms. The first kappa shape index (κ1) is 9.85. The van der Waals surface area contributed by atoms with Crippen LogP contribution in [-0.2, 0) is 0 Å². The molecule has 3 nitrogen and oxygen atoms in total. The lowest BCUT2D eigenvalue weighted by molar-refractivity contribution is 0.336. The van der Waals surface area contributed by atoms with Gasteiger partial charge in [0.1, 0.15) is 5.52 Å². The Labute approximate surface area is 94.9 Å². The van der Waals surface area contributed by atoms with Gasteiger partial charge in [-0.3, -0.25) is 0 Å². The summed E-state index contributed by atoms with van der Waals surface area (Å²) in [5, 5.41) is 3.45. The van der Waals surface area contributed by atoms with Gasteiger partial charge in [0.05, 0.1) is 0 Å². The minimum atomic E-state index is 0.476. The van der Waals surface area contributed by atoms with Gasteiger partial charge < -0.3 is 9.73 Å². The van der Waals surface area contributed by atoms with Crippen LogP contribution in [0, 0.1) is 0 Å². The molecule has 2 atom stereocenters. The zero-order valence-electron chi connectivity index (χ0n) is 9.44. The van der Waals surface area contributed by atoms with Gasteiger partial charge >= 0.3 is 0 Å². The Morgan fingerprint density at radius 3 is 3.06 bits per heavy atom. The highest BCUT2D eigenvalue weighted by molar-refractivity contribution is 5.72. The number of hydrogen-bond acceptors (Lipinski definition) is 3. The summed E-state index contributed by atoms with van der Waals surface area (Å²) in [5.41, 5.74) is 1.88. The standard InChI is InChI=1S/C13H16N2O/c1-9-8-10(6-7-14-9)13-15-11-4-2-3-5-12(11)16-13/h2-5,9-10,14H,6-8H2,1H3/t9-,10+/m0/s1. The molecule has 2 aromatic rings. The summed E-state index contributed by atoms with van der Waals surface area (Å²) in [7, 11) is 0. The van der Waals surface area contributed by atoms with Crippen LogP contribution in [0.2, 0.25) is 0 Å². The second-order valence-electron chi connectivity index (χ2n) is 4.60. The van der Waals surface area contributed by atoms with E-state index in [1.807, 2.05) is 24.3 Å². The highest BCUT2D eigenvalue weighted by atomic mass is 16.3. The number of para-hydroxylation sites is 2.